The fraction of sp³-hybridized carbons (Fsp3) is 0. The Hall–Kier alpha value is 0.648. The predicted octanol–water partition coefficient (Wildman–Crippen LogP) is 2.44. The summed E-state index contributed by atoms with van der Waals surface area (Å²) in [5, 5.41) is 1.41. The molecule has 0 aliphatic rings. The summed E-state index contributed by atoms with van der Waals surface area (Å²) in [7, 11) is 0. The molecule has 0 saturated carbocycles. The molecule has 0 atom stereocenters. The van der Waals surface area contributed by atoms with E-state index in [9.17, 15) is 0 Å². The quantitative estimate of drug-likeness (QED) is 0.493. The summed E-state index contributed by atoms with van der Waals surface area (Å²) in [4.78, 5) is 0. The molecular weight excluding hydrogens is 253 g/mol. The first-order valence-electron chi connectivity index (χ1n) is 2.45. The van der Waals surface area contributed by atoms with Crippen LogP contribution < -0.4 is 4.35 Å². The van der Waals surface area contributed by atoms with Crippen LogP contribution in [-0.4, -0.2) is 16.9 Å². The van der Waals surface area contributed by atoms with Gasteiger partial charge in [0.05, 0.1) is 0 Å². The van der Waals surface area contributed by atoms with E-state index in [0.717, 1.165) is 4.35 Å². The normalized spacial score (nSPS) is 10.0. The van der Waals surface area contributed by atoms with Crippen LogP contribution in [0.5, 0.6) is 0 Å². The Bertz CT molecular complexity index is 232. The molecule has 0 amide bonds. The van der Waals surface area contributed by atoms with Crippen molar-refractivity contribution in [2.24, 2.45) is 0 Å². The summed E-state index contributed by atoms with van der Waals surface area (Å²) in [6, 6.07) is 3.51. The summed E-state index contributed by atoms with van der Waals surface area (Å²) >= 11 is 19.4. The number of benzene rings is 1. The van der Waals surface area contributed by atoms with Gasteiger partial charge >= 0.3 is 83.2 Å². The van der Waals surface area contributed by atoms with E-state index in [0.29, 0.717) is 15.1 Å². The first kappa shape index (κ1) is 8.74. The van der Waals surface area contributed by atoms with Crippen LogP contribution in [0.4, 0.5) is 0 Å². The zero-order valence-electron chi connectivity index (χ0n) is 4.74. The van der Waals surface area contributed by atoms with Gasteiger partial charge in [0.25, 0.3) is 0 Å². The molecule has 1 aromatic carbocycles. The molecule has 0 N–H and O–H groups in total. The Morgan fingerprint density at radius 1 is 1.00 bits per heavy atom. The summed E-state index contributed by atoms with van der Waals surface area (Å²) < 4.78 is 0.878. The minimum atomic E-state index is 0.418. The molecule has 10 heavy (non-hydrogen) atoms. The summed E-state index contributed by atoms with van der Waals surface area (Å²) in [5.41, 5.74) is 0. The van der Waals surface area contributed by atoms with Crippen LogP contribution in [0.1, 0.15) is 0 Å². The fourth-order valence-corrected chi connectivity index (χ4v) is 1.59. The number of rotatable bonds is 0. The molecule has 0 saturated heterocycles. The van der Waals surface area contributed by atoms with Gasteiger partial charge in [0.2, 0.25) is 0 Å². The van der Waals surface area contributed by atoms with E-state index in [1.165, 1.54) is 0 Å². The number of halogens is 3. The van der Waals surface area contributed by atoms with Crippen LogP contribution in [0, 0.1) is 0 Å². The molecule has 2 radical (unpaired) electrons. The van der Waals surface area contributed by atoms with E-state index < -0.39 is 0 Å². The van der Waals surface area contributed by atoms with Crippen molar-refractivity contribution in [1.82, 2.24) is 0 Å². The van der Waals surface area contributed by atoms with Crippen LogP contribution in [0.2, 0.25) is 15.1 Å². The number of hydrogen-bond donors (Lipinski definition) is 0. The first-order chi connectivity index (χ1) is 4.63. The molecule has 0 aromatic heterocycles. The van der Waals surface area contributed by atoms with E-state index in [1.54, 1.807) is 12.1 Å². The molecule has 0 spiro atoms. The summed E-state index contributed by atoms with van der Waals surface area (Å²) in [5.74, 6) is 0. The third-order valence-corrected chi connectivity index (χ3v) is 3.38. The molecule has 4 heteroatoms. The summed E-state index contributed by atoms with van der Waals surface area (Å²) in [6.07, 6.45) is 0. The average Bonchev–Trinajstić information content (AvgIpc) is 1.93. The van der Waals surface area contributed by atoms with Gasteiger partial charge in [-0.2, -0.15) is 0 Å². The van der Waals surface area contributed by atoms with Gasteiger partial charge < -0.3 is 0 Å². The first-order valence-corrected chi connectivity index (χ1v) is 4.52. The van der Waals surface area contributed by atoms with Gasteiger partial charge in [-0.05, 0) is 0 Å². The van der Waals surface area contributed by atoms with Gasteiger partial charge in [0.15, 0.2) is 0 Å². The Labute approximate surface area is 83.0 Å². The van der Waals surface area contributed by atoms with Crippen molar-refractivity contribution in [3.63, 3.8) is 0 Å². The molecule has 0 heterocycles. The molecule has 0 aliphatic heterocycles. The van der Waals surface area contributed by atoms with Crippen LogP contribution in [0.25, 0.3) is 0 Å². The van der Waals surface area contributed by atoms with Gasteiger partial charge in [-0.15, -0.1) is 0 Å². The zero-order valence-corrected chi connectivity index (χ0v) is 8.88. The Balaban J connectivity index is 3.34. The molecular formula is C6H2AsCl3. The summed E-state index contributed by atoms with van der Waals surface area (Å²) in [6.45, 7) is 0. The second-order valence-electron chi connectivity index (χ2n) is 1.69. The Morgan fingerprint density at radius 2 is 1.60 bits per heavy atom. The van der Waals surface area contributed by atoms with Crippen molar-refractivity contribution in [3.8, 4) is 0 Å². The molecule has 0 nitrogen and oxygen atoms in total. The van der Waals surface area contributed by atoms with Crippen molar-refractivity contribution in [3.05, 3.63) is 27.2 Å². The second-order valence-corrected chi connectivity index (χ2v) is 3.87. The topological polar surface area (TPSA) is 0 Å². The standard InChI is InChI=1S/C6H2AsCl3/c7-3-1-2-4(8)6(10)5(3)9/h1-2H. The Morgan fingerprint density at radius 3 is 2.10 bits per heavy atom. The molecule has 0 aliphatic carbocycles. The third-order valence-electron chi connectivity index (χ3n) is 1.01. The van der Waals surface area contributed by atoms with Crippen LogP contribution in [0.15, 0.2) is 12.1 Å². The molecule has 52 valence electrons. The molecule has 0 unspecified atom stereocenters. The van der Waals surface area contributed by atoms with Crippen molar-refractivity contribution in [2.75, 3.05) is 0 Å². The van der Waals surface area contributed by atoms with Crippen molar-refractivity contribution in [2.45, 2.75) is 0 Å². The van der Waals surface area contributed by atoms with E-state index in [-0.39, 0.29) is 0 Å². The Kier molecular flexibility index (Phi) is 2.94. The van der Waals surface area contributed by atoms with Crippen LogP contribution in [-0.2, 0) is 0 Å². The van der Waals surface area contributed by atoms with E-state index in [2.05, 4.69) is 16.9 Å². The molecule has 1 aromatic rings. The molecule has 0 bridgehead atoms. The van der Waals surface area contributed by atoms with Crippen molar-refractivity contribution in [1.29, 1.82) is 0 Å². The van der Waals surface area contributed by atoms with E-state index in [4.69, 9.17) is 34.8 Å². The predicted molar refractivity (Wildman–Crippen MR) is 46.9 cm³/mol. The van der Waals surface area contributed by atoms with Gasteiger partial charge in [0.1, 0.15) is 0 Å². The molecule has 0 fully saturated rings. The maximum atomic E-state index is 5.75. The SMILES string of the molecule is Clc1ccc([As])c(Cl)c1Cl. The second kappa shape index (κ2) is 3.36. The fourth-order valence-electron chi connectivity index (χ4n) is 0.516. The van der Waals surface area contributed by atoms with E-state index >= 15 is 0 Å². The van der Waals surface area contributed by atoms with Gasteiger partial charge in [-0.25, -0.2) is 0 Å². The van der Waals surface area contributed by atoms with Gasteiger partial charge in [0, 0.05) is 0 Å². The monoisotopic (exact) mass is 254 g/mol. The van der Waals surface area contributed by atoms with Gasteiger partial charge in [-0.3, -0.25) is 0 Å². The van der Waals surface area contributed by atoms with Crippen molar-refractivity contribution < 1.29 is 0 Å². The zero-order chi connectivity index (χ0) is 7.72. The van der Waals surface area contributed by atoms with E-state index in [1.807, 2.05) is 0 Å². The maximum absolute atomic E-state index is 5.75. The third kappa shape index (κ3) is 1.62. The average molecular weight is 255 g/mol. The van der Waals surface area contributed by atoms with Crippen LogP contribution in [0.3, 0.4) is 0 Å². The molecule has 1 rings (SSSR count). The van der Waals surface area contributed by atoms with Gasteiger partial charge in [-0.1, -0.05) is 0 Å². The van der Waals surface area contributed by atoms with Crippen LogP contribution >= 0.6 is 34.8 Å². The van der Waals surface area contributed by atoms with Crippen molar-refractivity contribution >= 4 is 56.0 Å². The number of hydrogen-bond acceptors (Lipinski definition) is 0. The minimum absolute atomic E-state index is 0.418.